The van der Waals surface area contributed by atoms with Crippen LogP contribution < -0.4 is 4.18 Å². The van der Waals surface area contributed by atoms with Crippen LogP contribution in [0.1, 0.15) is 5.56 Å². The quantitative estimate of drug-likeness (QED) is 0.830. The summed E-state index contributed by atoms with van der Waals surface area (Å²) < 4.78 is 23.8. The molecule has 1 N–H and O–H groups in total. The van der Waals surface area contributed by atoms with Crippen LogP contribution in [0, 0.1) is 0 Å². The molecule has 16 heavy (non-hydrogen) atoms. The number of hydrogen-bond donors (Lipinski definition) is 1. The maximum atomic E-state index is 10.5. The van der Waals surface area contributed by atoms with E-state index in [1.54, 1.807) is 18.2 Å². The van der Waals surface area contributed by atoms with Gasteiger partial charge in [-0.2, -0.15) is 4.21 Å². The van der Waals surface area contributed by atoms with Crippen LogP contribution in [-0.2, 0) is 11.4 Å². The molecule has 0 aliphatic carbocycles. The van der Waals surface area contributed by atoms with Gasteiger partial charge in [-0.3, -0.25) is 4.55 Å². The second-order valence-electron chi connectivity index (χ2n) is 3.27. The van der Waals surface area contributed by atoms with Crippen LogP contribution >= 0.6 is 0 Å². The van der Waals surface area contributed by atoms with Crippen LogP contribution in [0.2, 0.25) is 0 Å². The zero-order chi connectivity index (χ0) is 11.5. The highest BCUT2D eigenvalue weighted by atomic mass is 32.2. The van der Waals surface area contributed by atoms with Gasteiger partial charge in [-0.25, -0.2) is 0 Å². The monoisotopic (exact) mass is 234 g/mol. The Hall–Kier alpha value is -1.65. The van der Waals surface area contributed by atoms with Crippen LogP contribution in [0.25, 0.3) is 16.8 Å². The molecule has 0 aromatic heterocycles. The third-order valence-electron chi connectivity index (χ3n) is 2.24. The van der Waals surface area contributed by atoms with Crippen molar-refractivity contribution in [1.29, 1.82) is 0 Å². The number of fused-ring (bicyclic) bond motifs is 1. The van der Waals surface area contributed by atoms with Crippen molar-refractivity contribution in [2.45, 2.75) is 0 Å². The summed E-state index contributed by atoms with van der Waals surface area (Å²) in [6.45, 7) is 3.70. The van der Waals surface area contributed by atoms with Gasteiger partial charge < -0.3 is 4.18 Å². The van der Waals surface area contributed by atoms with E-state index in [1.807, 2.05) is 24.3 Å². The summed E-state index contributed by atoms with van der Waals surface area (Å²) in [7, 11) is 0. The molecule has 0 saturated carbocycles. The summed E-state index contributed by atoms with van der Waals surface area (Å²) in [5.41, 5.74) is 1.03. The summed E-state index contributed by atoms with van der Waals surface area (Å²) in [6.07, 6.45) is 1.77. The van der Waals surface area contributed by atoms with Crippen molar-refractivity contribution in [2.24, 2.45) is 0 Å². The largest absolute Gasteiger partial charge is 0.380 e. The molecule has 0 heterocycles. The highest BCUT2D eigenvalue weighted by molar-refractivity contribution is 7.74. The predicted molar refractivity (Wildman–Crippen MR) is 65.4 cm³/mol. The fraction of sp³-hybridized carbons (Fsp3) is 0. The first-order chi connectivity index (χ1) is 7.69. The Morgan fingerprint density at radius 1 is 1.19 bits per heavy atom. The Balaban J connectivity index is 2.47. The maximum Gasteiger partial charge on any atom is 0.357 e. The molecule has 1 unspecified atom stereocenters. The average molecular weight is 234 g/mol. The number of rotatable bonds is 3. The molecule has 0 aliphatic heterocycles. The van der Waals surface area contributed by atoms with Crippen molar-refractivity contribution in [2.75, 3.05) is 0 Å². The highest BCUT2D eigenvalue weighted by Crippen LogP contribution is 2.22. The Kier molecular flexibility index (Phi) is 3.03. The summed E-state index contributed by atoms with van der Waals surface area (Å²) in [5.74, 6) is 0.375. The van der Waals surface area contributed by atoms with E-state index >= 15 is 0 Å². The molecular weight excluding hydrogens is 224 g/mol. The standard InChI is InChI=1S/C12H10O3S/c1-2-9-3-4-11-8-12(15-16(13)14)6-5-10(11)7-9/h2-8H,1H2,(H,13,14). The summed E-state index contributed by atoms with van der Waals surface area (Å²) in [4.78, 5) is 0. The van der Waals surface area contributed by atoms with Crippen molar-refractivity contribution >= 4 is 28.2 Å². The lowest BCUT2D eigenvalue weighted by molar-refractivity contribution is 0.458. The second-order valence-corrected chi connectivity index (χ2v) is 3.87. The Bertz CT molecular complexity index is 563. The van der Waals surface area contributed by atoms with Gasteiger partial charge in [0.25, 0.3) is 0 Å². The topological polar surface area (TPSA) is 46.5 Å². The molecule has 0 amide bonds. The van der Waals surface area contributed by atoms with Crippen molar-refractivity contribution in [3.63, 3.8) is 0 Å². The fourth-order valence-corrected chi connectivity index (χ4v) is 1.77. The highest BCUT2D eigenvalue weighted by Gasteiger charge is 2.00. The molecule has 3 nitrogen and oxygen atoms in total. The van der Waals surface area contributed by atoms with Gasteiger partial charge in [0.15, 0.2) is 0 Å². The van der Waals surface area contributed by atoms with Crippen molar-refractivity contribution in [3.05, 3.63) is 48.5 Å². The van der Waals surface area contributed by atoms with E-state index in [9.17, 15) is 4.21 Å². The molecule has 2 rings (SSSR count). The summed E-state index contributed by atoms with van der Waals surface area (Å²) in [6, 6.07) is 11.0. The molecular formula is C12H10O3S. The lowest BCUT2D eigenvalue weighted by Crippen LogP contribution is -1.96. The van der Waals surface area contributed by atoms with E-state index in [1.165, 1.54) is 0 Å². The number of benzene rings is 2. The predicted octanol–water partition coefficient (Wildman–Crippen LogP) is 3.00. The maximum absolute atomic E-state index is 10.5. The van der Waals surface area contributed by atoms with E-state index in [4.69, 9.17) is 4.55 Å². The first kappa shape index (κ1) is 10.9. The summed E-state index contributed by atoms with van der Waals surface area (Å²) >= 11 is -2.28. The molecule has 0 radical (unpaired) electrons. The molecule has 82 valence electrons. The first-order valence-corrected chi connectivity index (χ1v) is 5.67. The minimum absolute atomic E-state index is 0.375. The third kappa shape index (κ3) is 2.29. The lowest BCUT2D eigenvalue weighted by atomic mass is 10.1. The van der Waals surface area contributed by atoms with Gasteiger partial charge in [0.2, 0.25) is 0 Å². The van der Waals surface area contributed by atoms with E-state index in [0.717, 1.165) is 16.3 Å². The molecule has 0 aliphatic rings. The van der Waals surface area contributed by atoms with Crippen molar-refractivity contribution in [1.82, 2.24) is 0 Å². The zero-order valence-electron chi connectivity index (χ0n) is 8.42. The Labute approximate surface area is 95.9 Å². The van der Waals surface area contributed by atoms with Crippen LogP contribution in [-0.4, -0.2) is 8.76 Å². The molecule has 0 bridgehead atoms. The minimum Gasteiger partial charge on any atom is -0.380 e. The molecule has 0 spiro atoms. The molecule has 0 fully saturated rings. The van der Waals surface area contributed by atoms with Gasteiger partial charge in [0, 0.05) is 0 Å². The van der Waals surface area contributed by atoms with E-state index in [0.29, 0.717) is 5.75 Å². The molecule has 4 heteroatoms. The molecule has 2 aromatic carbocycles. The van der Waals surface area contributed by atoms with E-state index in [2.05, 4.69) is 10.8 Å². The Morgan fingerprint density at radius 3 is 2.56 bits per heavy atom. The van der Waals surface area contributed by atoms with E-state index in [-0.39, 0.29) is 0 Å². The van der Waals surface area contributed by atoms with Crippen molar-refractivity contribution < 1.29 is 12.9 Å². The van der Waals surface area contributed by atoms with Gasteiger partial charge in [0.05, 0.1) is 0 Å². The van der Waals surface area contributed by atoms with Crippen molar-refractivity contribution in [3.8, 4) is 5.75 Å². The van der Waals surface area contributed by atoms with Gasteiger partial charge in [-0.1, -0.05) is 30.9 Å². The van der Waals surface area contributed by atoms with Crippen LogP contribution in [0.15, 0.2) is 43.0 Å². The molecule has 1 atom stereocenters. The van der Waals surface area contributed by atoms with Gasteiger partial charge in [0.1, 0.15) is 5.75 Å². The number of hydrogen-bond acceptors (Lipinski definition) is 2. The third-order valence-corrected chi connectivity index (χ3v) is 2.57. The molecule has 0 saturated heterocycles. The fourth-order valence-electron chi connectivity index (χ4n) is 1.50. The summed E-state index contributed by atoms with van der Waals surface area (Å²) in [5, 5.41) is 1.99. The molecule has 2 aromatic rings. The lowest BCUT2D eigenvalue weighted by Gasteiger charge is -2.03. The second kappa shape index (κ2) is 4.47. The average Bonchev–Trinajstić information content (AvgIpc) is 2.27. The van der Waals surface area contributed by atoms with Crippen LogP contribution in [0.4, 0.5) is 0 Å². The minimum atomic E-state index is -2.28. The smallest absolute Gasteiger partial charge is 0.357 e. The first-order valence-electron chi connectivity index (χ1n) is 4.64. The van der Waals surface area contributed by atoms with Gasteiger partial charge >= 0.3 is 11.4 Å². The van der Waals surface area contributed by atoms with Gasteiger partial charge in [-0.15, -0.1) is 0 Å². The van der Waals surface area contributed by atoms with Crippen LogP contribution in [0.5, 0.6) is 5.75 Å². The zero-order valence-corrected chi connectivity index (χ0v) is 9.24. The SMILES string of the molecule is C=Cc1ccc2cc(OS(=O)O)ccc2c1. The van der Waals surface area contributed by atoms with Crippen LogP contribution in [0.3, 0.4) is 0 Å². The van der Waals surface area contributed by atoms with E-state index < -0.39 is 11.4 Å². The Morgan fingerprint density at radius 2 is 1.88 bits per heavy atom. The van der Waals surface area contributed by atoms with Gasteiger partial charge in [-0.05, 0) is 34.5 Å². The normalized spacial score (nSPS) is 12.3.